The molecule has 90 valence electrons. The number of aryl methyl sites for hydroxylation is 1. The van der Waals surface area contributed by atoms with Crippen LogP contribution in [0.5, 0.6) is 0 Å². The van der Waals surface area contributed by atoms with Gasteiger partial charge in [-0.05, 0) is 24.5 Å². The molecule has 0 unspecified atom stereocenters. The van der Waals surface area contributed by atoms with Gasteiger partial charge in [0.25, 0.3) is 0 Å². The smallest absolute Gasteiger partial charge is 0.184 e. The van der Waals surface area contributed by atoms with Crippen LogP contribution in [-0.2, 0) is 15.9 Å². The van der Waals surface area contributed by atoms with Crippen LogP contribution in [-0.4, -0.2) is 14.2 Å². The molecule has 0 aliphatic carbocycles. The van der Waals surface area contributed by atoms with Crippen molar-refractivity contribution < 1.29 is 9.47 Å². The van der Waals surface area contributed by atoms with Crippen molar-refractivity contribution >= 4 is 15.9 Å². The summed E-state index contributed by atoms with van der Waals surface area (Å²) in [4.78, 5) is 0. The van der Waals surface area contributed by atoms with Gasteiger partial charge >= 0.3 is 0 Å². The summed E-state index contributed by atoms with van der Waals surface area (Å²) < 4.78 is 11.7. The Morgan fingerprint density at radius 2 is 1.94 bits per heavy atom. The Balaban J connectivity index is 3.01. The van der Waals surface area contributed by atoms with Crippen molar-refractivity contribution in [3.63, 3.8) is 0 Å². The summed E-state index contributed by atoms with van der Waals surface area (Å²) in [6, 6.07) is 6.22. The van der Waals surface area contributed by atoms with Gasteiger partial charge in [-0.25, -0.2) is 0 Å². The van der Waals surface area contributed by atoms with Gasteiger partial charge in [-0.15, -0.1) is 0 Å². The largest absolute Gasteiger partial charge is 0.352 e. The van der Waals surface area contributed by atoms with Gasteiger partial charge in [0.05, 0.1) is 0 Å². The van der Waals surface area contributed by atoms with E-state index in [0.717, 1.165) is 16.5 Å². The fraction of sp³-hybridized carbons (Fsp3) is 0.538. The number of hydrogen-bond donors (Lipinski definition) is 0. The first-order valence-corrected chi connectivity index (χ1v) is 6.36. The topological polar surface area (TPSA) is 18.5 Å². The monoisotopic (exact) mass is 286 g/mol. The Kier molecular flexibility index (Phi) is 6.03. The van der Waals surface area contributed by atoms with Crippen LogP contribution in [0.2, 0.25) is 0 Å². The molecule has 3 heteroatoms. The minimum absolute atomic E-state index is 0.289. The van der Waals surface area contributed by atoms with E-state index in [2.05, 4.69) is 35.0 Å². The minimum atomic E-state index is -0.289. The molecule has 1 rings (SSSR count). The van der Waals surface area contributed by atoms with Crippen molar-refractivity contribution in [3.8, 4) is 0 Å². The summed E-state index contributed by atoms with van der Waals surface area (Å²) in [5, 5.41) is 0. The standard InChI is InChI=1S/C13H19BrO2/c1-4-5-7-10-8-6-9-11(14)12(10)13(15-2)16-3/h6,8-9,13H,4-5,7H2,1-3H3. The summed E-state index contributed by atoms with van der Waals surface area (Å²) in [5.74, 6) is 0. The molecule has 1 aromatic carbocycles. The van der Waals surface area contributed by atoms with Gasteiger partial charge in [-0.2, -0.15) is 0 Å². The molecule has 0 heterocycles. The fourth-order valence-corrected chi connectivity index (χ4v) is 2.36. The number of benzene rings is 1. The molecular formula is C13H19BrO2. The van der Waals surface area contributed by atoms with E-state index < -0.39 is 0 Å². The van der Waals surface area contributed by atoms with Gasteiger partial charge in [-0.3, -0.25) is 0 Å². The van der Waals surface area contributed by atoms with E-state index in [9.17, 15) is 0 Å². The molecule has 0 fully saturated rings. The molecule has 0 saturated heterocycles. The number of unbranched alkanes of at least 4 members (excludes halogenated alkanes) is 1. The average molecular weight is 287 g/mol. The summed E-state index contributed by atoms with van der Waals surface area (Å²) in [5.41, 5.74) is 2.41. The van der Waals surface area contributed by atoms with Gasteiger partial charge in [-0.1, -0.05) is 41.4 Å². The highest BCUT2D eigenvalue weighted by Crippen LogP contribution is 2.30. The van der Waals surface area contributed by atoms with E-state index in [1.807, 2.05) is 6.07 Å². The molecule has 0 radical (unpaired) electrons. The molecular weight excluding hydrogens is 268 g/mol. The zero-order valence-electron chi connectivity index (χ0n) is 10.1. The molecule has 0 amide bonds. The molecule has 0 N–H and O–H groups in total. The van der Waals surface area contributed by atoms with Crippen LogP contribution in [0.3, 0.4) is 0 Å². The summed E-state index contributed by atoms with van der Waals surface area (Å²) in [7, 11) is 3.33. The van der Waals surface area contributed by atoms with Crippen molar-refractivity contribution in [2.24, 2.45) is 0 Å². The van der Waals surface area contributed by atoms with Crippen molar-refractivity contribution in [1.29, 1.82) is 0 Å². The zero-order chi connectivity index (χ0) is 12.0. The number of rotatable bonds is 6. The van der Waals surface area contributed by atoms with E-state index in [1.165, 1.54) is 18.4 Å². The summed E-state index contributed by atoms with van der Waals surface area (Å²) in [6.07, 6.45) is 3.15. The van der Waals surface area contributed by atoms with Crippen LogP contribution >= 0.6 is 15.9 Å². The third kappa shape index (κ3) is 3.30. The molecule has 0 spiro atoms. The van der Waals surface area contributed by atoms with E-state index in [0.29, 0.717) is 0 Å². The third-order valence-corrected chi connectivity index (χ3v) is 3.30. The second-order valence-corrected chi connectivity index (χ2v) is 4.57. The lowest BCUT2D eigenvalue weighted by Crippen LogP contribution is -2.08. The first kappa shape index (κ1) is 13.7. The second-order valence-electron chi connectivity index (χ2n) is 3.72. The van der Waals surface area contributed by atoms with E-state index >= 15 is 0 Å². The van der Waals surface area contributed by atoms with Gasteiger partial charge in [0, 0.05) is 24.3 Å². The first-order chi connectivity index (χ1) is 7.74. The maximum atomic E-state index is 5.33. The SMILES string of the molecule is CCCCc1cccc(Br)c1C(OC)OC. The maximum Gasteiger partial charge on any atom is 0.184 e. The van der Waals surface area contributed by atoms with Gasteiger partial charge in [0.2, 0.25) is 0 Å². The first-order valence-electron chi connectivity index (χ1n) is 5.57. The fourth-order valence-electron chi connectivity index (χ4n) is 1.76. The lowest BCUT2D eigenvalue weighted by Gasteiger charge is -2.19. The lowest BCUT2D eigenvalue weighted by atomic mass is 10.0. The van der Waals surface area contributed by atoms with Crippen LogP contribution in [0.25, 0.3) is 0 Å². The molecule has 2 nitrogen and oxygen atoms in total. The number of methoxy groups -OCH3 is 2. The van der Waals surface area contributed by atoms with E-state index in [1.54, 1.807) is 14.2 Å². The van der Waals surface area contributed by atoms with E-state index in [4.69, 9.17) is 9.47 Å². The van der Waals surface area contributed by atoms with Gasteiger partial charge in [0.15, 0.2) is 6.29 Å². The van der Waals surface area contributed by atoms with Crippen LogP contribution in [0.15, 0.2) is 22.7 Å². The second kappa shape index (κ2) is 7.05. The van der Waals surface area contributed by atoms with E-state index in [-0.39, 0.29) is 6.29 Å². The van der Waals surface area contributed by atoms with Crippen LogP contribution in [0.1, 0.15) is 37.2 Å². The highest BCUT2D eigenvalue weighted by Gasteiger charge is 2.16. The zero-order valence-corrected chi connectivity index (χ0v) is 11.7. The molecule has 0 atom stereocenters. The predicted octanol–water partition coefficient (Wildman–Crippen LogP) is 4.08. The maximum absolute atomic E-state index is 5.33. The Hall–Kier alpha value is -0.380. The normalized spacial score (nSPS) is 11.1. The minimum Gasteiger partial charge on any atom is -0.352 e. The highest BCUT2D eigenvalue weighted by atomic mass is 79.9. The molecule has 1 aromatic rings. The summed E-state index contributed by atoms with van der Waals surface area (Å²) >= 11 is 3.56. The molecule has 0 saturated carbocycles. The molecule has 0 aliphatic rings. The van der Waals surface area contributed by atoms with Gasteiger partial charge in [0.1, 0.15) is 0 Å². The Morgan fingerprint density at radius 3 is 2.50 bits per heavy atom. The average Bonchev–Trinajstić information content (AvgIpc) is 2.30. The Morgan fingerprint density at radius 1 is 1.25 bits per heavy atom. The molecule has 16 heavy (non-hydrogen) atoms. The van der Waals surface area contributed by atoms with Crippen LogP contribution in [0, 0.1) is 0 Å². The molecule has 0 aromatic heterocycles. The van der Waals surface area contributed by atoms with Crippen molar-refractivity contribution in [1.82, 2.24) is 0 Å². The van der Waals surface area contributed by atoms with Crippen LogP contribution in [0.4, 0.5) is 0 Å². The number of ether oxygens (including phenoxy) is 2. The Bertz CT molecular complexity index is 322. The molecule has 0 aliphatic heterocycles. The lowest BCUT2D eigenvalue weighted by molar-refractivity contribution is -0.106. The number of hydrogen-bond acceptors (Lipinski definition) is 2. The molecule has 0 bridgehead atoms. The summed E-state index contributed by atoms with van der Waals surface area (Å²) in [6.45, 7) is 2.20. The van der Waals surface area contributed by atoms with Crippen molar-refractivity contribution in [2.45, 2.75) is 32.5 Å². The third-order valence-electron chi connectivity index (χ3n) is 2.61. The van der Waals surface area contributed by atoms with Crippen molar-refractivity contribution in [2.75, 3.05) is 14.2 Å². The van der Waals surface area contributed by atoms with Crippen LogP contribution < -0.4 is 0 Å². The van der Waals surface area contributed by atoms with Gasteiger partial charge < -0.3 is 9.47 Å². The number of halogens is 1. The highest BCUT2D eigenvalue weighted by molar-refractivity contribution is 9.10. The predicted molar refractivity (Wildman–Crippen MR) is 69.5 cm³/mol. The Labute approximate surface area is 106 Å². The van der Waals surface area contributed by atoms with Crippen molar-refractivity contribution in [3.05, 3.63) is 33.8 Å². The quantitative estimate of drug-likeness (QED) is 0.734.